The number of imide groups is 1. The number of nitrogens with one attached hydrogen (secondary N) is 2. The first-order chi connectivity index (χ1) is 13.1. The Labute approximate surface area is 158 Å². The van der Waals surface area contributed by atoms with Crippen molar-refractivity contribution in [2.75, 3.05) is 20.1 Å². The van der Waals surface area contributed by atoms with Crippen LogP contribution in [-0.2, 0) is 13.6 Å². The summed E-state index contributed by atoms with van der Waals surface area (Å²) >= 11 is 0. The quantitative estimate of drug-likeness (QED) is 0.331. The van der Waals surface area contributed by atoms with Crippen LogP contribution in [0.15, 0.2) is 41.5 Å². The van der Waals surface area contributed by atoms with E-state index in [9.17, 15) is 9.59 Å². The summed E-state index contributed by atoms with van der Waals surface area (Å²) in [5, 5.41) is 10.6. The van der Waals surface area contributed by atoms with Crippen LogP contribution < -0.4 is 10.6 Å². The molecule has 2 N–H and O–H groups in total. The minimum atomic E-state index is -0.197. The van der Waals surface area contributed by atoms with E-state index in [0.29, 0.717) is 36.7 Å². The van der Waals surface area contributed by atoms with Gasteiger partial charge in [-0.15, -0.1) is 0 Å². The lowest BCUT2D eigenvalue weighted by molar-refractivity contribution is 0.0652. The van der Waals surface area contributed by atoms with Crippen LogP contribution in [0.2, 0.25) is 0 Å². The van der Waals surface area contributed by atoms with Crippen molar-refractivity contribution in [1.82, 2.24) is 25.3 Å². The maximum atomic E-state index is 12.3. The third-order valence-corrected chi connectivity index (χ3v) is 4.56. The first-order valence-corrected chi connectivity index (χ1v) is 8.98. The number of aryl methyl sites for hydroxylation is 1. The largest absolute Gasteiger partial charge is 0.356 e. The van der Waals surface area contributed by atoms with Crippen molar-refractivity contribution in [3.63, 3.8) is 0 Å². The number of amides is 2. The van der Waals surface area contributed by atoms with Gasteiger partial charge in [0.2, 0.25) is 0 Å². The molecule has 0 unspecified atom stereocenters. The topological polar surface area (TPSA) is 91.6 Å². The highest BCUT2D eigenvalue weighted by Crippen LogP contribution is 2.22. The van der Waals surface area contributed by atoms with Gasteiger partial charge >= 0.3 is 0 Å². The summed E-state index contributed by atoms with van der Waals surface area (Å²) in [4.78, 5) is 30.1. The van der Waals surface area contributed by atoms with Crippen LogP contribution in [0.1, 0.15) is 39.3 Å². The van der Waals surface area contributed by atoms with Crippen molar-refractivity contribution in [3.05, 3.63) is 53.3 Å². The minimum Gasteiger partial charge on any atom is -0.356 e. The Balaban J connectivity index is 1.38. The van der Waals surface area contributed by atoms with E-state index in [1.165, 1.54) is 4.90 Å². The van der Waals surface area contributed by atoms with E-state index >= 15 is 0 Å². The number of hydrogen-bond donors (Lipinski definition) is 2. The number of carbonyl (C=O) groups is 2. The molecule has 0 aliphatic carbocycles. The zero-order valence-electron chi connectivity index (χ0n) is 15.6. The first kappa shape index (κ1) is 18.6. The monoisotopic (exact) mass is 368 g/mol. The van der Waals surface area contributed by atoms with Crippen LogP contribution in [0.5, 0.6) is 0 Å². The predicted molar refractivity (Wildman–Crippen MR) is 102 cm³/mol. The average molecular weight is 368 g/mol. The predicted octanol–water partition coefficient (Wildman–Crippen LogP) is 1.16. The maximum Gasteiger partial charge on any atom is 0.261 e. The zero-order chi connectivity index (χ0) is 19.2. The summed E-state index contributed by atoms with van der Waals surface area (Å²) in [5.41, 5.74) is 2.06. The molecular weight excluding hydrogens is 344 g/mol. The molecule has 0 spiro atoms. The normalized spacial score (nSPS) is 13.9. The number of carbonyl (C=O) groups excluding carboxylic acids is 2. The highest BCUT2D eigenvalue weighted by Gasteiger charge is 2.34. The van der Waals surface area contributed by atoms with Gasteiger partial charge in [0.25, 0.3) is 11.8 Å². The van der Waals surface area contributed by atoms with Crippen molar-refractivity contribution in [2.45, 2.75) is 19.4 Å². The van der Waals surface area contributed by atoms with E-state index in [0.717, 1.165) is 18.5 Å². The Morgan fingerprint density at radius 1 is 1.07 bits per heavy atom. The number of rotatable bonds is 7. The Bertz CT molecular complexity index is 822. The molecule has 142 valence electrons. The van der Waals surface area contributed by atoms with Gasteiger partial charge in [-0.05, 0) is 31.0 Å². The number of aliphatic imine (C=N–C) groups is 1. The van der Waals surface area contributed by atoms with Crippen molar-refractivity contribution < 1.29 is 9.59 Å². The van der Waals surface area contributed by atoms with Crippen molar-refractivity contribution >= 4 is 17.8 Å². The van der Waals surface area contributed by atoms with E-state index in [1.54, 1.807) is 37.5 Å². The smallest absolute Gasteiger partial charge is 0.261 e. The van der Waals surface area contributed by atoms with E-state index < -0.39 is 0 Å². The second kappa shape index (κ2) is 8.48. The number of fused-ring (bicyclic) bond motifs is 1. The fourth-order valence-electron chi connectivity index (χ4n) is 3.01. The van der Waals surface area contributed by atoms with E-state index in [-0.39, 0.29) is 11.8 Å². The fraction of sp³-hybridized carbons (Fsp3) is 0.368. The molecule has 0 fully saturated rings. The van der Waals surface area contributed by atoms with Gasteiger partial charge in [-0.25, -0.2) is 0 Å². The van der Waals surface area contributed by atoms with Gasteiger partial charge in [0.15, 0.2) is 5.96 Å². The molecule has 0 atom stereocenters. The fourth-order valence-corrected chi connectivity index (χ4v) is 3.01. The third-order valence-electron chi connectivity index (χ3n) is 4.56. The molecule has 1 aliphatic rings. The number of benzene rings is 1. The maximum absolute atomic E-state index is 12.3. The highest BCUT2D eigenvalue weighted by atomic mass is 16.2. The summed E-state index contributed by atoms with van der Waals surface area (Å²) in [6.45, 7) is 1.76. The van der Waals surface area contributed by atoms with Gasteiger partial charge in [-0.1, -0.05) is 12.1 Å². The van der Waals surface area contributed by atoms with Crippen LogP contribution >= 0.6 is 0 Å². The van der Waals surface area contributed by atoms with Gasteiger partial charge < -0.3 is 10.6 Å². The van der Waals surface area contributed by atoms with Gasteiger partial charge in [-0.3, -0.25) is 24.2 Å². The van der Waals surface area contributed by atoms with Gasteiger partial charge in [0, 0.05) is 33.4 Å². The Morgan fingerprint density at radius 3 is 2.37 bits per heavy atom. The Kier molecular flexibility index (Phi) is 5.85. The second-order valence-corrected chi connectivity index (χ2v) is 6.31. The lowest BCUT2D eigenvalue weighted by Crippen LogP contribution is -2.38. The SMILES string of the molecule is CN=C(NCCCCN1C(=O)c2ccccc2C1=O)NCc1ccnn1C. The van der Waals surface area contributed by atoms with Crippen LogP contribution in [0.4, 0.5) is 0 Å². The average Bonchev–Trinajstić information content (AvgIpc) is 3.20. The van der Waals surface area contributed by atoms with Gasteiger partial charge in [0.1, 0.15) is 0 Å². The molecule has 1 aromatic carbocycles. The first-order valence-electron chi connectivity index (χ1n) is 8.98. The van der Waals surface area contributed by atoms with Crippen LogP contribution in [0.25, 0.3) is 0 Å². The van der Waals surface area contributed by atoms with E-state index in [4.69, 9.17) is 0 Å². The summed E-state index contributed by atoms with van der Waals surface area (Å²) in [6.07, 6.45) is 3.31. The lowest BCUT2D eigenvalue weighted by Gasteiger charge is -2.15. The molecule has 8 nitrogen and oxygen atoms in total. The van der Waals surface area contributed by atoms with Crippen molar-refractivity contribution in [3.8, 4) is 0 Å². The Morgan fingerprint density at radius 2 is 1.78 bits per heavy atom. The molecule has 2 aromatic rings. The van der Waals surface area contributed by atoms with Crippen molar-refractivity contribution in [2.24, 2.45) is 12.0 Å². The molecule has 0 bridgehead atoms. The molecule has 0 saturated heterocycles. The molecule has 1 aliphatic heterocycles. The van der Waals surface area contributed by atoms with Gasteiger partial charge in [-0.2, -0.15) is 5.10 Å². The number of hydrogen-bond acceptors (Lipinski definition) is 4. The molecule has 1 aromatic heterocycles. The van der Waals surface area contributed by atoms with Crippen LogP contribution in [-0.4, -0.2) is 52.6 Å². The molecule has 0 saturated carbocycles. The number of guanidine groups is 1. The molecule has 2 heterocycles. The zero-order valence-corrected chi connectivity index (χ0v) is 15.6. The Hall–Kier alpha value is -3.16. The summed E-state index contributed by atoms with van der Waals surface area (Å²) < 4.78 is 1.81. The highest BCUT2D eigenvalue weighted by molar-refractivity contribution is 6.21. The minimum absolute atomic E-state index is 0.197. The number of unbranched alkanes of at least 4 members (excludes halogenated alkanes) is 1. The summed E-state index contributed by atoms with van der Waals surface area (Å²) in [6, 6.07) is 8.91. The van der Waals surface area contributed by atoms with E-state index in [1.807, 2.05) is 17.8 Å². The second-order valence-electron chi connectivity index (χ2n) is 6.31. The molecular formula is C19H24N6O2. The van der Waals surface area contributed by atoms with E-state index in [2.05, 4.69) is 20.7 Å². The summed E-state index contributed by atoms with van der Waals surface area (Å²) in [7, 11) is 3.61. The standard InChI is InChI=1S/C19H24N6O2/c1-20-19(22-13-14-9-11-23-24(14)2)21-10-5-6-12-25-17(26)15-7-3-4-8-16(15)18(25)27/h3-4,7-9,11H,5-6,10,12-13H2,1-2H3,(H2,20,21,22). The van der Waals surface area contributed by atoms with Crippen molar-refractivity contribution in [1.29, 1.82) is 0 Å². The third kappa shape index (κ3) is 4.16. The molecule has 0 radical (unpaired) electrons. The van der Waals surface area contributed by atoms with Crippen LogP contribution in [0, 0.1) is 0 Å². The lowest BCUT2D eigenvalue weighted by atomic mass is 10.1. The molecule has 2 amide bonds. The number of aromatic nitrogens is 2. The molecule has 8 heteroatoms. The molecule has 3 rings (SSSR count). The summed E-state index contributed by atoms with van der Waals surface area (Å²) in [5.74, 6) is 0.311. The number of nitrogens with zero attached hydrogens (tertiary/aromatic N) is 4. The molecule has 27 heavy (non-hydrogen) atoms. The van der Waals surface area contributed by atoms with Crippen LogP contribution in [0.3, 0.4) is 0 Å². The van der Waals surface area contributed by atoms with Gasteiger partial charge in [0.05, 0.1) is 23.4 Å².